The summed E-state index contributed by atoms with van der Waals surface area (Å²) in [5, 5.41) is 33.8. The van der Waals surface area contributed by atoms with Crippen LogP contribution in [0.1, 0.15) is 52.4 Å². The first-order chi connectivity index (χ1) is 16.6. The van der Waals surface area contributed by atoms with E-state index >= 15 is 0 Å². The van der Waals surface area contributed by atoms with E-state index in [1.807, 2.05) is 6.92 Å². The first-order valence-corrected chi connectivity index (χ1v) is 12.5. The van der Waals surface area contributed by atoms with Gasteiger partial charge in [0.05, 0.1) is 18.8 Å². The molecule has 8 nitrogen and oxygen atoms in total. The normalized spacial score (nSPS) is 37.0. The Labute approximate surface area is 205 Å². The monoisotopic (exact) mass is 492 g/mol. The van der Waals surface area contributed by atoms with Crippen LogP contribution >= 0.6 is 0 Å². The maximum absolute atomic E-state index is 13.5. The number of nitrogens with one attached hydrogen (secondary N) is 1. The number of rotatable bonds is 5. The van der Waals surface area contributed by atoms with Crippen molar-refractivity contribution in [3.05, 3.63) is 30.1 Å². The van der Waals surface area contributed by atoms with Gasteiger partial charge in [0.15, 0.2) is 0 Å². The molecule has 2 amide bonds. The Balaban J connectivity index is 1.49. The molecule has 194 valence electrons. The number of hydrogen-bond acceptors (Lipinski definition) is 6. The minimum Gasteiger partial charge on any atom is -0.445 e. The first kappa shape index (κ1) is 25.9. The number of fused-ring (bicyclic) bond motifs is 1. The summed E-state index contributed by atoms with van der Waals surface area (Å²) < 4.78 is 19.2. The van der Waals surface area contributed by atoms with E-state index in [2.05, 4.69) is 12.2 Å². The molecule has 2 aliphatic carbocycles. The molecule has 0 unspecified atom stereocenters. The third kappa shape index (κ3) is 5.04. The minimum absolute atomic E-state index is 0.0639. The van der Waals surface area contributed by atoms with Gasteiger partial charge in [0.1, 0.15) is 11.9 Å². The van der Waals surface area contributed by atoms with E-state index in [1.165, 1.54) is 18.2 Å². The molecule has 3 fully saturated rings. The molecule has 0 aromatic heterocycles. The lowest BCUT2D eigenvalue weighted by Crippen LogP contribution is -2.61. The summed E-state index contributed by atoms with van der Waals surface area (Å²) in [6.07, 6.45) is 0.589. The summed E-state index contributed by atoms with van der Waals surface area (Å²) >= 11 is 0. The van der Waals surface area contributed by atoms with Crippen LogP contribution in [-0.2, 0) is 9.53 Å². The fraction of sp³-hybridized carbons (Fsp3) is 0.692. The van der Waals surface area contributed by atoms with Gasteiger partial charge in [-0.3, -0.25) is 10.1 Å². The lowest BCUT2D eigenvalue weighted by molar-refractivity contribution is -0.186. The van der Waals surface area contributed by atoms with Gasteiger partial charge in [0.25, 0.3) is 0 Å². The van der Waals surface area contributed by atoms with Gasteiger partial charge in [-0.15, -0.1) is 0 Å². The molecule has 1 aromatic rings. The van der Waals surface area contributed by atoms with Crippen LogP contribution in [0.4, 0.5) is 14.9 Å². The van der Waals surface area contributed by atoms with Crippen molar-refractivity contribution in [1.29, 1.82) is 0 Å². The molecule has 7 atom stereocenters. The van der Waals surface area contributed by atoms with Gasteiger partial charge >= 0.3 is 6.09 Å². The molecule has 1 saturated heterocycles. The molecule has 0 spiro atoms. The third-order valence-corrected chi connectivity index (χ3v) is 8.91. The van der Waals surface area contributed by atoms with Crippen molar-refractivity contribution in [3.8, 4) is 0 Å². The molecule has 9 heteroatoms. The Morgan fingerprint density at radius 3 is 2.63 bits per heavy atom. The molecular formula is C26H37FN2O6. The van der Waals surface area contributed by atoms with Crippen LogP contribution in [0.5, 0.6) is 0 Å². The van der Waals surface area contributed by atoms with Crippen molar-refractivity contribution in [2.24, 2.45) is 22.7 Å². The summed E-state index contributed by atoms with van der Waals surface area (Å²) in [6.45, 7) is 4.62. The van der Waals surface area contributed by atoms with Crippen molar-refractivity contribution in [2.45, 2.75) is 70.7 Å². The summed E-state index contributed by atoms with van der Waals surface area (Å²) in [7, 11) is 0. The summed E-state index contributed by atoms with van der Waals surface area (Å²) in [5.74, 6) is -0.905. The maximum Gasteiger partial charge on any atom is 0.411 e. The molecule has 35 heavy (non-hydrogen) atoms. The Hall–Kier alpha value is -2.23. The topological polar surface area (TPSA) is 119 Å². The third-order valence-electron chi connectivity index (χ3n) is 8.91. The zero-order valence-electron chi connectivity index (χ0n) is 20.5. The maximum atomic E-state index is 13.5. The second-order valence-electron chi connectivity index (χ2n) is 11.0. The van der Waals surface area contributed by atoms with Crippen LogP contribution < -0.4 is 5.32 Å². The summed E-state index contributed by atoms with van der Waals surface area (Å²) in [4.78, 5) is 27.3. The predicted molar refractivity (Wildman–Crippen MR) is 127 cm³/mol. The Bertz CT molecular complexity index is 946. The Kier molecular flexibility index (Phi) is 7.41. The highest BCUT2D eigenvalue weighted by Gasteiger charge is 2.60. The fourth-order valence-electron chi connectivity index (χ4n) is 6.91. The highest BCUT2D eigenvalue weighted by molar-refractivity contribution is 5.84. The van der Waals surface area contributed by atoms with Crippen molar-refractivity contribution in [3.63, 3.8) is 0 Å². The second kappa shape index (κ2) is 10.0. The van der Waals surface area contributed by atoms with Crippen LogP contribution in [0.15, 0.2) is 24.3 Å². The van der Waals surface area contributed by atoms with Crippen molar-refractivity contribution < 1.29 is 34.0 Å². The largest absolute Gasteiger partial charge is 0.445 e. The lowest BCUT2D eigenvalue weighted by atomic mass is 9.46. The number of hydrogen-bond donors (Lipinski definition) is 4. The molecule has 3 aliphatic rings. The molecule has 2 saturated carbocycles. The minimum atomic E-state index is -0.766. The number of anilines is 1. The standard InChI is InChI=1S/C26H37FN2O6/c1-25-10-8-22(35-24(34)28-17-5-3-4-16(27)12-17)26(2,15-30)21(25)7-6-20(32)19(25)13-23(33)29-11-9-18(31)14-29/h3-5,12,18-22,30-32H,6-11,13-15H2,1-2H3,(H,28,34)/t18-,19-,20-,21+,22-,25+,26+/m1/s1. The van der Waals surface area contributed by atoms with Gasteiger partial charge in [-0.05, 0) is 67.6 Å². The number of likely N-dealkylation sites (tertiary alicyclic amines) is 1. The van der Waals surface area contributed by atoms with Crippen molar-refractivity contribution in [2.75, 3.05) is 25.0 Å². The molecule has 4 rings (SSSR count). The number of amides is 2. The van der Waals surface area contributed by atoms with E-state index in [0.29, 0.717) is 45.2 Å². The molecule has 1 aliphatic heterocycles. The Morgan fingerprint density at radius 2 is 1.97 bits per heavy atom. The van der Waals surface area contributed by atoms with Crippen LogP contribution in [0, 0.1) is 28.5 Å². The van der Waals surface area contributed by atoms with E-state index in [0.717, 1.165) is 0 Å². The number of β-amino-alcohol motifs (C(OH)–C–C–N with tert-alkyl or cyclic N) is 1. The SMILES string of the molecule is C[C@]1(CO)[C@H]2CC[C@@H](O)[C@@H](CC(=O)N3CC[C@@H](O)C3)[C@]2(C)CC[C@H]1OC(=O)Nc1cccc(F)c1. The molecule has 0 bridgehead atoms. The zero-order valence-corrected chi connectivity index (χ0v) is 20.5. The second-order valence-corrected chi connectivity index (χ2v) is 11.0. The quantitative estimate of drug-likeness (QED) is 0.502. The molecule has 0 radical (unpaired) electrons. The van der Waals surface area contributed by atoms with Gasteiger partial charge in [0, 0.05) is 30.6 Å². The fourth-order valence-corrected chi connectivity index (χ4v) is 6.91. The van der Waals surface area contributed by atoms with Crippen molar-refractivity contribution in [1.82, 2.24) is 4.90 Å². The number of nitrogens with zero attached hydrogens (tertiary/aromatic N) is 1. The molecule has 1 aromatic carbocycles. The predicted octanol–water partition coefficient (Wildman–Crippen LogP) is 2.91. The number of aliphatic hydroxyl groups excluding tert-OH is 3. The smallest absolute Gasteiger partial charge is 0.411 e. The van der Waals surface area contributed by atoms with Crippen molar-refractivity contribution >= 4 is 17.7 Å². The highest BCUT2D eigenvalue weighted by Crippen LogP contribution is 2.61. The number of benzene rings is 1. The molecular weight excluding hydrogens is 455 g/mol. The molecule has 1 heterocycles. The van der Waals surface area contributed by atoms with Crippen LogP contribution in [0.3, 0.4) is 0 Å². The van der Waals surface area contributed by atoms with Gasteiger partial charge in [0.2, 0.25) is 5.91 Å². The number of carbonyl (C=O) groups is 2. The van der Waals surface area contributed by atoms with E-state index in [4.69, 9.17) is 4.74 Å². The van der Waals surface area contributed by atoms with Crippen LogP contribution in [0.25, 0.3) is 0 Å². The summed E-state index contributed by atoms with van der Waals surface area (Å²) in [5.41, 5.74) is -0.910. The van der Waals surface area contributed by atoms with Gasteiger partial charge in [-0.25, -0.2) is 9.18 Å². The van der Waals surface area contributed by atoms with E-state index in [1.54, 1.807) is 11.0 Å². The lowest BCUT2D eigenvalue weighted by Gasteiger charge is -2.60. The van der Waals surface area contributed by atoms with E-state index in [9.17, 15) is 29.3 Å². The van der Waals surface area contributed by atoms with Gasteiger partial charge in [-0.2, -0.15) is 0 Å². The van der Waals surface area contributed by atoms with E-state index in [-0.39, 0.29) is 36.5 Å². The Morgan fingerprint density at radius 1 is 1.20 bits per heavy atom. The van der Waals surface area contributed by atoms with Gasteiger partial charge in [-0.1, -0.05) is 19.9 Å². The number of ether oxygens (including phenoxy) is 1. The number of carbonyl (C=O) groups excluding carboxylic acids is 2. The number of halogens is 1. The van der Waals surface area contributed by atoms with E-state index < -0.39 is 41.1 Å². The van der Waals surface area contributed by atoms with Crippen LogP contribution in [0.2, 0.25) is 0 Å². The highest BCUT2D eigenvalue weighted by atomic mass is 19.1. The zero-order chi connectivity index (χ0) is 25.4. The first-order valence-electron chi connectivity index (χ1n) is 12.5. The van der Waals surface area contributed by atoms with Crippen LogP contribution in [-0.4, -0.2) is 70.2 Å². The average Bonchev–Trinajstić information content (AvgIpc) is 3.24. The molecule has 4 N–H and O–H groups in total. The van der Waals surface area contributed by atoms with Gasteiger partial charge < -0.3 is 25.0 Å². The number of aliphatic hydroxyl groups is 3. The average molecular weight is 493 g/mol. The summed E-state index contributed by atoms with van der Waals surface area (Å²) in [6, 6.07) is 5.54.